The normalized spacial score (nSPS) is 13.0. The van der Waals surface area contributed by atoms with E-state index in [1.54, 1.807) is 48.7 Å². The van der Waals surface area contributed by atoms with Crippen LogP contribution in [0.1, 0.15) is 106 Å². The van der Waals surface area contributed by atoms with Gasteiger partial charge in [-0.15, -0.1) is 0 Å². The Hall–Kier alpha value is -4.95. The molecule has 0 aliphatic rings. The van der Waals surface area contributed by atoms with Crippen molar-refractivity contribution in [2.45, 2.75) is 134 Å². The summed E-state index contributed by atoms with van der Waals surface area (Å²) in [6, 6.07) is 7.07. The van der Waals surface area contributed by atoms with E-state index in [0.717, 1.165) is 22.6 Å². The van der Waals surface area contributed by atoms with Gasteiger partial charge in [-0.05, 0) is 104 Å². The van der Waals surface area contributed by atoms with E-state index in [9.17, 15) is 114 Å². The van der Waals surface area contributed by atoms with Gasteiger partial charge in [-0.25, -0.2) is 8.78 Å². The van der Waals surface area contributed by atoms with Gasteiger partial charge in [-0.3, -0.25) is 0 Å². The van der Waals surface area contributed by atoms with Gasteiger partial charge in [0.05, 0.1) is 79.5 Å². The van der Waals surface area contributed by atoms with Crippen molar-refractivity contribution in [2.24, 2.45) is 0 Å². The van der Waals surface area contributed by atoms with Crippen LogP contribution in [0, 0.1) is 11.6 Å². The molecule has 0 aliphatic heterocycles. The average molecular weight is 1440 g/mol. The van der Waals surface area contributed by atoms with Gasteiger partial charge in [0.25, 0.3) is 0 Å². The van der Waals surface area contributed by atoms with E-state index in [4.69, 9.17) is 0 Å². The van der Waals surface area contributed by atoms with Gasteiger partial charge in [0.2, 0.25) is 0 Å². The zero-order chi connectivity index (χ0) is 67.7. The van der Waals surface area contributed by atoms with Gasteiger partial charge in [-0.2, -0.15) is 127 Å². The van der Waals surface area contributed by atoms with Gasteiger partial charge >= 0.3 is 49.4 Å². The molecule has 1 radical (unpaired) electrons. The Morgan fingerprint density at radius 2 is 0.438 bits per heavy atom. The summed E-state index contributed by atoms with van der Waals surface area (Å²) in [7, 11) is -0.217. The minimum atomic E-state index is -6.13. The first kappa shape index (κ1) is 80.1. The summed E-state index contributed by atoms with van der Waals surface area (Å²) in [5, 5.41) is 0. The van der Waals surface area contributed by atoms with E-state index >= 15 is 0 Å². The SMILES string of the molecule is CC(C)[PH+](CCC[PH+](C(C)C)C(C)C)C(C)C.FC(F)(F)c1cc([B-](c2cc(C(F)(F)F)cc(C(F)(F)F)c2)(c2cc(C(F)(F)F)cc(C(F)(F)F)c2)c2cc(C(F)(F)F)cc(C(F)(F)F)c2)cc(C(F)(F)F)c1.Fc1ccccc1.Fc1ccccc1.[Rh]. The molecule has 497 valence electrons. The Bertz CT molecular complexity index is 2650. The fourth-order valence-electron chi connectivity index (χ4n) is 9.88. The zero-order valence-corrected chi connectivity index (χ0v) is 51.5. The minimum Gasteiger partial charge on any atom is -0.207 e. The topological polar surface area (TPSA) is 0 Å². The van der Waals surface area contributed by atoms with Gasteiger partial charge in [0.15, 0.2) is 0 Å². The molecule has 0 heterocycles. The molecule has 0 atom stereocenters. The number of hydrogen-bond acceptors (Lipinski definition) is 0. The molecular formula is C59H58BF26P2Rh+. The Morgan fingerprint density at radius 1 is 0.281 bits per heavy atom. The van der Waals surface area contributed by atoms with Crippen LogP contribution in [-0.4, -0.2) is 41.1 Å². The van der Waals surface area contributed by atoms with Crippen molar-refractivity contribution in [1.82, 2.24) is 0 Å². The molecule has 0 unspecified atom stereocenters. The van der Waals surface area contributed by atoms with E-state index in [0.29, 0.717) is 0 Å². The van der Waals surface area contributed by atoms with Crippen LogP contribution in [0.25, 0.3) is 0 Å². The van der Waals surface area contributed by atoms with Crippen LogP contribution in [0.2, 0.25) is 0 Å². The Kier molecular flexibility index (Phi) is 28.0. The molecule has 0 amide bonds. The monoisotopic (exact) mass is 1440 g/mol. The first-order valence-corrected chi connectivity index (χ1v) is 30.0. The predicted molar refractivity (Wildman–Crippen MR) is 294 cm³/mol. The fourth-order valence-corrected chi connectivity index (χ4v) is 16.4. The van der Waals surface area contributed by atoms with Crippen molar-refractivity contribution in [3.63, 3.8) is 0 Å². The van der Waals surface area contributed by atoms with E-state index in [1.165, 1.54) is 30.7 Å². The molecule has 0 aliphatic carbocycles. The third-order valence-corrected chi connectivity index (χ3v) is 21.6. The van der Waals surface area contributed by atoms with Crippen molar-refractivity contribution in [2.75, 3.05) is 12.3 Å². The molecule has 89 heavy (non-hydrogen) atoms. The Morgan fingerprint density at radius 3 is 0.551 bits per heavy atom. The number of hydrogen-bond donors (Lipinski definition) is 0. The summed E-state index contributed by atoms with van der Waals surface area (Å²) in [5.41, 5.74) is -26.4. The summed E-state index contributed by atoms with van der Waals surface area (Å²) in [5.74, 6) is -0.356. The summed E-state index contributed by atoms with van der Waals surface area (Å²) in [6.07, 6.45) is -50.2. The Balaban J connectivity index is 0.000000680. The van der Waals surface area contributed by atoms with Crippen LogP contribution in [-0.2, 0) is 68.9 Å². The largest absolute Gasteiger partial charge is 0.416 e. The predicted octanol–water partition coefficient (Wildman–Crippen LogP) is 20.3. The van der Waals surface area contributed by atoms with Crippen molar-refractivity contribution in [1.29, 1.82) is 0 Å². The number of halogens is 26. The quantitative estimate of drug-likeness (QED) is 0.0651. The molecule has 0 saturated heterocycles. The molecule has 6 rings (SSSR count). The number of benzene rings is 6. The maximum Gasteiger partial charge on any atom is 0.416 e. The Labute approximate surface area is 511 Å². The van der Waals surface area contributed by atoms with Crippen LogP contribution in [0.15, 0.2) is 133 Å². The van der Waals surface area contributed by atoms with E-state index in [2.05, 4.69) is 55.4 Å². The maximum atomic E-state index is 14.2. The zero-order valence-electron chi connectivity index (χ0n) is 47.9. The summed E-state index contributed by atoms with van der Waals surface area (Å²) in [4.78, 5) is 0. The summed E-state index contributed by atoms with van der Waals surface area (Å²) in [6.45, 7) is 19.5. The number of alkyl halides is 24. The van der Waals surface area contributed by atoms with Crippen LogP contribution in [0.4, 0.5) is 114 Å². The van der Waals surface area contributed by atoms with Crippen molar-refractivity contribution in [3.05, 3.63) is 190 Å². The molecule has 6 aromatic rings. The van der Waals surface area contributed by atoms with Gasteiger partial charge in [0.1, 0.15) is 17.8 Å². The molecule has 6 aromatic carbocycles. The standard InChI is InChI=1S/C32H12BF24.C15H34P2.2C6H5F.Rh/c34-25(35,36)13-1-14(26(37,38)39)6-21(5-13)33(22-7-15(27(40,41)42)2-16(8-22)28(43,44)45,23-9-17(29(46,47)48)3-18(10-23)30(49,50)51)24-11-19(31(52,53)54)4-20(12-24)32(55,56)57;1-12(2)16(13(3)4)10-9-11-17(14(5)6)15(7)8;2*7-6-4-2-1-3-5-6;/h1-12H;12-15H,9-11H2,1-8H3;2*1-5H;/q-1;;;;/p+2. The van der Waals surface area contributed by atoms with Crippen molar-refractivity contribution >= 4 is 43.8 Å². The van der Waals surface area contributed by atoms with E-state index in [-0.39, 0.29) is 47.0 Å². The average Bonchev–Trinajstić information content (AvgIpc) is 0.781. The molecular weight excluding hydrogens is 1380 g/mol. The summed E-state index contributed by atoms with van der Waals surface area (Å²) < 4.78 is 365. The fraction of sp³-hybridized carbons (Fsp3) is 0.390. The van der Waals surface area contributed by atoms with Crippen LogP contribution in [0.5, 0.6) is 0 Å². The maximum absolute atomic E-state index is 14.2. The van der Waals surface area contributed by atoms with E-state index in [1.807, 2.05) is 0 Å². The second-order valence-electron chi connectivity index (χ2n) is 21.4. The van der Waals surface area contributed by atoms with Gasteiger partial charge in [0, 0.05) is 41.7 Å². The van der Waals surface area contributed by atoms with Gasteiger partial charge in [-0.1, -0.05) is 84.9 Å². The van der Waals surface area contributed by atoms with Crippen LogP contribution >= 0.6 is 15.8 Å². The molecule has 0 saturated carbocycles. The van der Waals surface area contributed by atoms with Gasteiger partial charge < -0.3 is 0 Å². The van der Waals surface area contributed by atoms with E-state index < -0.39 is 195 Å². The second kappa shape index (κ2) is 31.1. The van der Waals surface area contributed by atoms with Crippen LogP contribution in [0.3, 0.4) is 0 Å². The molecule has 0 spiro atoms. The van der Waals surface area contributed by atoms with Crippen molar-refractivity contribution in [3.8, 4) is 0 Å². The minimum absolute atomic E-state index is 0. The number of rotatable bonds is 12. The summed E-state index contributed by atoms with van der Waals surface area (Å²) >= 11 is 0. The van der Waals surface area contributed by atoms with Crippen LogP contribution < -0.4 is 21.9 Å². The molecule has 0 bridgehead atoms. The second-order valence-corrected chi connectivity index (χ2v) is 29.4. The third-order valence-electron chi connectivity index (χ3n) is 13.8. The first-order chi connectivity index (χ1) is 39.8. The molecule has 0 aromatic heterocycles. The van der Waals surface area contributed by atoms with Crippen molar-refractivity contribution < 1.29 is 134 Å². The third kappa shape index (κ3) is 23.3. The molecule has 0 N–H and O–H groups in total. The smallest absolute Gasteiger partial charge is 0.207 e. The molecule has 0 fully saturated rings. The first-order valence-electron chi connectivity index (χ1n) is 26.3. The molecule has 0 nitrogen and oxygen atoms in total. The molecule has 30 heteroatoms.